The van der Waals surface area contributed by atoms with Crippen LogP contribution in [0.15, 0.2) is 18.2 Å². The largest absolute Gasteiger partial charge is 0.371 e. The van der Waals surface area contributed by atoms with E-state index in [0.717, 1.165) is 24.3 Å². The first-order valence-electron chi connectivity index (χ1n) is 6.25. The number of anilines is 1. The van der Waals surface area contributed by atoms with Crippen LogP contribution < -0.4 is 10.2 Å². The maximum absolute atomic E-state index is 13.5. The van der Waals surface area contributed by atoms with Gasteiger partial charge in [0.05, 0.1) is 0 Å². The second-order valence-electron chi connectivity index (χ2n) is 4.78. The predicted molar refractivity (Wildman–Crippen MR) is 71.9 cm³/mol. The van der Waals surface area contributed by atoms with E-state index < -0.39 is 0 Å². The Morgan fingerprint density at radius 1 is 1.29 bits per heavy atom. The summed E-state index contributed by atoms with van der Waals surface area (Å²) in [5.41, 5.74) is 1.97. The molecule has 0 bridgehead atoms. The fourth-order valence-corrected chi connectivity index (χ4v) is 1.98. The van der Waals surface area contributed by atoms with Crippen molar-refractivity contribution in [3.63, 3.8) is 0 Å². The van der Waals surface area contributed by atoms with Crippen molar-refractivity contribution in [1.29, 1.82) is 0 Å². The highest BCUT2D eigenvalue weighted by molar-refractivity contribution is 5.49. The molecule has 0 aromatic heterocycles. The lowest BCUT2D eigenvalue weighted by molar-refractivity contribution is 0.606. The molecule has 1 aromatic rings. The van der Waals surface area contributed by atoms with E-state index in [1.807, 2.05) is 7.05 Å². The smallest absolute Gasteiger partial charge is 0.125 e. The van der Waals surface area contributed by atoms with Crippen molar-refractivity contribution in [3.8, 4) is 0 Å². The third-order valence-corrected chi connectivity index (χ3v) is 2.66. The van der Waals surface area contributed by atoms with Crippen LogP contribution in [-0.2, 0) is 6.54 Å². The molecule has 0 heterocycles. The summed E-state index contributed by atoms with van der Waals surface area (Å²) in [6.45, 7) is 9.02. The Labute approximate surface area is 104 Å². The third-order valence-electron chi connectivity index (χ3n) is 2.66. The summed E-state index contributed by atoms with van der Waals surface area (Å²) in [7, 11) is 1.87. The third kappa shape index (κ3) is 4.35. The molecule has 0 unspecified atom stereocenters. The summed E-state index contributed by atoms with van der Waals surface area (Å²) in [5, 5.41) is 3.05. The molecule has 0 radical (unpaired) electrons. The number of nitrogens with zero attached hydrogens (tertiary/aromatic N) is 1. The summed E-state index contributed by atoms with van der Waals surface area (Å²) < 4.78 is 13.5. The first-order chi connectivity index (χ1) is 8.06. The summed E-state index contributed by atoms with van der Waals surface area (Å²) in [5.74, 6) is 0.418. The van der Waals surface area contributed by atoms with Gasteiger partial charge in [0, 0.05) is 25.3 Å². The fourth-order valence-electron chi connectivity index (χ4n) is 1.98. The van der Waals surface area contributed by atoms with Crippen LogP contribution in [0.5, 0.6) is 0 Å². The molecule has 0 saturated carbocycles. The second kappa shape index (κ2) is 6.60. The van der Waals surface area contributed by atoms with Gasteiger partial charge in [0.15, 0.2) is 0 Å². The Morgan fingerprint density at radius 2 is 2.00 bits per heavy atom. The van der Waals surface area contributed by atoms with E-state index in [0.29, 0.717) is 12.5 Å². The monoisotopic (exact) mass is 238 g/mol. The summed E-state index contributed by atoms with van der Waals surface area (Å²) in [4.78, 5) is 2.22. The Balaban J connectivity index is 2.93. The van der Waals surface area contributed by atoms with Crippen molar-refractivity contribution in [2.24, 2.45) is 5.92 Å². The minimum absolute atomic E-state index is 0.157. The van der Waals surface area contributed by atoms with Crippen molar-refractivity contribution in [3.05, 3.63) is 29.6 Å². The van der Waals surface area contributed by atoms with Gasteiger partial charge in [0.1, 0.15) is 5.82 Å². The molecule has 0 spiro atoms. The van der Waals surface area contributed by atoms with Gasteiger partial charge in [-0.3, -0.25) is 0 Å². The number of hydrogen-bond donors (Lipinski definition) is 1. The molecule has 1 aromatic carbocycles. The highest BCUT2D eigenvalue weighted by Crippen LogP contribution is 2.19. The van der Waals surface area contributed by atoms with Gasteiger partial charge in [-0.25, -0.2) is 4.39 Å². The Bertz CT molecular complexity index is 350. The van der Waals surface area contributed by atoms with E-state index in [2.05, 4.69) is 37.1 Å². The molecule has 0 atom stereocenters. The van der Waals surface area contributed by atoms with Gasteiger partial charge in [-0.2, -0.15) is 0 Å². The molecule has 3 heteroatoms. The minimum Gasteiger partial charge on any atom is -0.371 e. The van der Waals surface area contributed by atoms with Gasteiger partial charge in [0.2, 0.25) is 0 Å². The molecular formula is C14H23FN2. The zero-order chi connectivity index (χ0) is 12.8. The van der Waals surface area contributed by atoms with Crippen molar-refractivity contribution >= 4 is 5.69 Å². The van der Waals surface area contributed by atoms with E-state index in [-0.39, 0.29) is 5.82 Å². The molecule has 0 amide bonds. The average Bonchev–Trinajstić information content (AvgIpc) is 2.25. The molecule has 96 valence electrons. The van der Waals surface area contributed by atoms with E-state index in [1.54, 1.807) is 12.1 Å². The zero-order valence-corrected chi connectivity index (χ0v) is 11.3. The van der Waals surface area contributed by atoms with Crippen molar-refractivity contribution < 1.29 is 4.39 Å². The van der Waals surface area contributed by atoms with Crippen LogP contribution in [-0.4, -0.2) is 20.1 Å². The maximum atomic E-state index is 13.5. The van der Waals surface area contributed by atoms with Crippen LogP contribution in [0.1, 0.15) is 26.3 Å². The lowest BCUT2D eigenvalue weighted by Gasteiger charge is -2.25. The van der Waals surface area contributed by atoms with Gasteiger partial charge in [-0.1, -0.05) is 13.8 Å². The highest BCUT2D eigenvalue weighted by atomic mass is 19.1. The average molecular weight is 238 g/mol. The topological polar surface area (TPSA) is 15.3 Å². The number of benzene rings is 1. The molecule has 0 aliphatic rings. The standard InChI is InChI=1S/C14H23FN2/c1-5-17(10-11(2)3)14-7-12(9-16-4)6-13(15)8-14/h6-8,11,16H,5,9-10H2,1-4H3. The van der Waals surface area contributed by atoms with Gasteiger partial charge >= 0.3 is 0 Å². The summed E-state index contributed by atoms with van der Waals surface area (Å²) in [6, 6.07) is 5.26. The SMILES string of the molecule is CCN(CC(C)C)c1cc(F)cc(CNC)c1. The summed E-state index contributed by atoms with van der Waals surface area (Å²) in [6.07, 6.45) is 0. The van der Waals surface area contributed by atoms with Crippen LogP contribution >= 0.6 is 0 Å². The normalized spacial score (nSPS) is 10.9. The quantitative estimate of drug-likeness (QED) is 0.819. The molecule has 2 nitrogen and oxygen atoms in total. The molecule has 0 saturated heterocycles. The second-order valence-corrected chi connectivity index (χ2v) is 4.78. The first-order valence-corrected chi connectivity index (χ1v) is 6.25. The van der Waals surface area contributed by atoms with Crippen LogP contribution in [0.25, 0.3) is 0 Å². The molecule has 0 aliphatic heterocycles. The van der Waals surface area contributed by atoms with Gasteiger partial charge in [0.25, 0.3) is 0 Å². The van der Waals surface area contributed by atoms with Crippen LogP contribution in [0.4, 0.5) is 10.1 Å². The number of hydrogen-bond acceptors (Lipinski definition) is 2. The Kier molecular flexibility index (Phi) is 5.42. The molecule has 1 rings (SSSR count). The molecule has 0 aliphatic carbocycles. The Hall–Kier alpha value is -1.09. The zero-order valence-electron chi connectivity index (χ0n) is 11.3. The van der Waals surface area contributed by atoms with Crippen LogP contribution in [0, 0.1) is 11.7 Å². The molecule has 17 heavy (non-hydrogen) atoms. The van der Waals surface area contributed by atoms with Gasteiger partial charge in [-0.15, -0.1) is 0 Å². The lowest BCUT2D eigenvalue weighted by Crippen LogP contribution is -2.27. The maximum Gasteiger partial charge on any atom is 0.125 e. The van der Waals surface area contributed by atoms with E-state index in [4.69, 9.17) is 0 Å². The molecule has 1 N–H and O–H groups in total. The van der Waals surface area contributed by atoms with Gasteiger partial charge in [-0.05, 0) is 43.7 Å². The van der Waals surface area contributed by atoms with E-state index >= 15 is 0 Å². The van der Waals surface area contributed by atoms with E-state index in [9.17, 15) is 4.39 Å². The lowest BCUT2D eigenvalue weighted by atomic mass is 10.1. The van der Waals surface area contributed by atoms with Crippen LogP contribution in [0.3, 0.4) is 0 Å². The van der Waals surface area contributed by atoms with Gasteiger partial charge < -0.3 is 10.2 Å². The molecular weight excluding hydrogens is 215 g/mol. The van der Waals surface area contributed by atoms with Crippen LogP contribution in [0.2, 0.25) is 0 Å². The first kappa shape index (κ1) is 14.0. The molecule has 0 fully saturated rings. The number of rotatable bonds is 6. The summed E-state index contributed by atoms with van der Waals surface area (Å²) >= 11 is 0. The van der Waals surface area contributed by atoms with E-state index in [1.165, 1.54) is 0 Å². The number of halogens is 1. The minimum atomic E-state index is -0.157. The van der Waals surface area contributed by atoms with Crippen molar-refractivity contribution in [2.75, 3.05) is 25.0 Å². The Morgan fingerprint density at radius 3 is 2.53 bits per heavy atom. The fraction of sp³-hybridized carbons (Fsp3) is 0.571. The highest BCUT2D eigenvalue weighted by Gasteiger charge is 2.09. The van der Waals surface area contributed by atoms with Crippen molar-refractivity contribution in [1.82, 2.24) is 5.32 Å². The number of nitrogens with one attached hydrogen (secondary N) is 1. The predicted octanol–water partition coefficient (Wildman–Crippen LogP) is 3.03. The van der Waals surface area contributed by atoms with Crippen molar-refractivity contribution in [2.45, 2.75) is 27.3 Å².